The summed E-state index contributed by atoms with van der Waals surface area (Å²) in [4.78, 5) is 12.9. The summed E-state index contributed by atoms with van der Waals surface area (Å²) in [5.41, 5.74) is 0. The van der Waals surface area contributed by atoms with Crippen LogP contribution >= 0.6 is 11.3 Å². The maximum atomic E-state index is 11.9. The van der Waals surface area contributed by atoms with Crippen LogP contribution in [0.15, 0.2) is 41.8 Å². The normalized spacial score (nSPS) is 19.2. The molecule has 19 heavy (non-hydrogen) atoms. The molecule has 6 heteroatoms. The minimum atomic E-state index is -1.56. The molecule has 2 atom stereocenters. The monoisotopic (exact) mass is 277 g/mol. The molecule has 1 aromatic rings. The minimum Gasteiger partial charge on any atom is -0.426 e. The van der Waals surface area contributed by atoms with Crippen LogP contribution in [0.25, 0.3) is 0 Å². The second kappa shape index (κ2) is 6.70. The molecule has 0 aliphatic heterocycles. The smallest absolute Gasteiger partial charge is 0.426 e. The van der Waals surface area contributed by atoms with Crippen molar-refractivity contribution in [3.05, 3.63) is 46.7 Å². The van der Waals surface area contributed by atoms with Crippen LogP contribution in [0.2, 0.25) is 0 Å². The average Bonchev–Trinajstić information content (AvgIpc) is 2.89. The van der Waals surface area contributed by atoms with Crippen molar-refractivity contribution in [2.75, 3.05) is 0 Å². The van der Waals surface area contributed by atoms with E-state index in [2.05, 4.69) is 5.32 Å². The van der Waals surface area contributed by atoms with E-state index in [0.717, 1.165) is 4.88 Å². The van der Waals surface area contributed by atoms with Gasteiger partial charge in [0.05, 0.1) is 12.4 Å². The Kier molecular flexibility index (Phi) is 4.96. The predicted molar refractivity (Wildman–Crippen MR) is 76.5 cm³/mol. The van der Waals surface area contributed by atoms with Crippen LogP contribution in [0, 0.1) is 5.92 Å². The van der Waals surface area contributed by atoms with Gasteiger partial charge in [-0.25, -0.2) is 0 Å². The number of allylic oxidation sites excluding steroid dienone is 3. The molecule has 0 bridgehead atoms. The third-order valence-electron chi connectivity index (χ3n) is 3.04. The zero-order valence-electron chi connectivity index (χ0n) is 10.4. The van der Waals surface area contributed by atoms with Crippen LogP contribution in [-0.4, -0.2) is 29.0 Å². The number of hydrogen-bond donors (Lipinski definition) is 3. The molecule has 0 radical (unpaired) electrons. The molecule has 3 N–H and O–H groups in total. The van der Waals surface area contributed by atoms with E-state index in [-0.39, 0.29) is 18.2 Å². The van der Waals surface area contributed by atoms with Crippen molar-refractivity contribution < 1.29 is 14.8 Å². The van der Waals surface area contributed by atoms with Gasteiger partial charge in [0.2, 0.25) is 5.91 Å². The summed E-state index contributed by atoms with van der Waals surface area (Å²) >= 11 is 1.51. The van der Waals surface area contributed by atoms with Crippen LogP contribution in [0.1, 0.15) is 11.3 Å². The molecular weight excluding hydrogens is 261 g/mol. The third kappa shape index (κ3) is 4.06. The number of thiophene rings is 1. The number of nitrogens with one attached hydrogen (secondary N) is 1. The summed E-state index contributed by atoms with van der Waals surface area (Å²) in [7, 11) is -1.56. The quantitative estimate of drug-likeness (QED) is 0.701. The minimum absolute atomic E-state index is 0.0858. The van der Waals surface area contributed by atoms with Gasteiger partial charge in [-0.2, -0.15) is 0 Å². The van der Waals surface area contributed by atoms with E-state index in [1.165, 1.54) is 11.3 Å². The van der Waals surface area contributed by atoms with E-state index in [0.29, 0.717) is 6.42 Å². The maximum absolute atomic E-state index is 11.9. The standard InChI is InChI=1S/C13H16BNO3S/c16-12(9-11-7-4-8-19-11)15-13(14(17)18)10-5-2-1-3-6-10/h1-5,7-8,10,13,17-18H,6,9H2,(H,15,16). The molecule has 2 rings (SSSR count). The van der Waals surface area contributed by atoms with E-state index in [4.69, 9.17) is 0 Å². The Labute approximate surface area is 116 Å². The first-order valence-electron chi connectivity index (χ1n) is 6.18. The number of carbonyl (C=O) groups excluding carboxylic acids is 1. The van der Waals surface area contributed by atoms with Crippen molar-refractivity contribution in [3.63, 3.8) is 0 Å². The maximum Gasteiger partial charge on any atom is 0.476 e. The van der Waals surface area contributed by atoms with Crippen LogP contribution in [0.5, 0.6) is 0 Å². The zero-order chi connectivity index (χ0) is 13.7. The first kappa shape index (κ1) is 14.1. The van der Waals surface area contributed by atoms with Crippen molar-refractivity contribution in [3.8, 4) is 0 Å². The number of rotatable bonds is 5. The van der Waals surface area contributed by atoms with Crippen LogP contribution < -0.4 is 5.32 Å². The average molecular weight is 277 g/mol. The van der Waals surface area contributed by atoms with Gasteiger partial charge in [0.15, 0.2) is 0 Å². The fraction of sp³-hybridized carbons (Fsp3) is 0.308. The summed E-state index contributed by atoms with van der Waals surface area (Å²) in [5, 5.41) is 23.5. The number of amides is 1. The van der Waals surface area contributed by atoms with E-state index >= 15 is 0 Å². The van der Waals surface area contributed by atoms with E-state index < -0.39 is 13.1 Å². The van der Waals surface area contributed by atoms with Gasteiger partial charge < -0.3 is 15.4 Å². The molecule has 2 unspecified atom stereocenters. The first-order chi connectivity index (χ1) is 9.16. The molecule has 1 aliphatic rings. The Balaban J connectivity index is 1.94. The fourth-order valence-corrected chi connectivity index (χ4v) is 2.78. The van der Waals surface area contributed by atoms with E-state index in [1.807, 2.05) is 41.8 Å². The van der Waals surface area contributed by atoms with Crippen LogP contribution in [0.4, 0.5) is 0 Å². The highest BCUT2D eigenvalue weighted by molar-refractivity contribution is 7.10. The molecule has 0 spiro atoms. The molecule has 1 heterocycles. The SMILES string of the molecule is O=C(Cc1cccs1)NC(B(O)O)C1C=CC=CC1. The van der Waals surface area contributed by atoms with E-state index in [9.17, 15) is 14.8 Å². The van der Waals surface area contributed by atoms with Gasteiger partial charge >= 0.3 is 7.12 Å². The lowest BCUT2D eigenvalue weighted by Crippen LogP contribution is -2.51. The Morgan fingerprint density at radius 2 is 2.37 bits per heavy atom. The first-order valence-corrected chi connectivity index (χ1v) is 7.06. The highest BCUT2D eigenvalue weighted by Gasteiger charge is 2.31. The molecular formula is C13H16BNO3S. The highest BCUT2D eigenvalue weighted by atomic mass is 32.1. The summed E-state index contributed by atoms with van der Waals surface area (Å²) in [6.45, 7) is 0. The Bertz CT molecular complexity index is 470. The van der Waals surface area contributed by atoms with Gasteiger partial charge in [-0.1, -0.05) is 30.4 Å². The Hall–Kier alpha value is -1.37. The van der Waals surface area contributed by atoms with Gasteiger partial charge in [-0.15, -0.1) is 11.3 Å². The Morgan fingerprint density at radius 3 is 2.95 bits per heavy atom. The number of hydrogen-bond acceptors (Lipinski definition) is 4. The van der Waals surface area contributed by atoms with Gasteiger partial charge in [0.25, 0.3) is 0 Å². The van der Waals surface area contributed by atoms with Gasteiger partial charge in [0.1, 0.15) is 0 Å². The summed E-state index contributed by atoms with van der Waals surface area (Å²) in [6, 6.07) is 3.78. The van der Waals surface area contributed by atoms with Crippen LogP contribution in [-0.2, 0) is 11.2 Å². The topological polar surface area (TPSA) is 69.6 Å². The molecule has 0 saturated heterocycles. The van der Waals surface area contributed by atoms with Gasteiger partial charge in [-0.3, -0.25) is 4.79 Å². The lowest BCUT2D eigenvalue weighted by atomic mass is 9.69. The highest BCUT2D eigenvalue weighted by Crippen LogP contribution is 2.17. The second-order valence-electron chi connectivity index (χ2n) is 4.48. The third-order valence-corrected chi connectivity index (χ3v) is 3.92. The lowest BCUT2D eigenvalue weighted by Gasteiger charge is -2.25. The van der Waals surface area contributed by atoms with Crippen molar-refractivity contribution in [1.82, 2.24) is 5.32 Å². The predicted octanol–water partition coefficient (Wildman–Crippen LogP) is 0.920. The summed E-state index contributed by atoms with van der Waals surface area (Å²) < 4.78 is 0. The van der Waals surface area contributed by atoms with Crippen molar-refractivity contribution in [2.24, 2.45) is 5.92 Å². The summed E-state index contributed by atoms with van der Waals surface area (Å²) in [6.07, 6.45) is 8.56. The molecule has 1 aliphatic carbocycles. The van der Waals surface area contributed by atoms with E-state index in [1.54, 1.807) is 0 Å². The molecule has 100 valence electrons. The van der Waals surface area contributed by atoms with Crippen molar-refractivity contribution >= 4 is 24.4 Å². The molecule has 1 amide bonds. The molecule has 1 aromatic heterocycles. The lowest BCUT2D eigenvalue weighted by molar-refractivity contribution is -0.121. The molecule has 0 saturated carbocycles. The van der Waals surface area contributed by atoms with Crippen molar-refractivity contribution in [2.45, 2.75) is 18.8 Å². The molecule has 0 fully saturated rings. The molecule has 0 aromatic carbocycles. The van der Waals surface area contributed by atoms with Gasteiger partial charge in [0, 0.05) is 4.88 Å². The van der Waals surface area contributed by atoms with Gasteiger partial charge in [-0.05, 0) is 23.8 Å². The summed E-state index contributed by atoms with van der Waals surface area (Å²) in [5.74, 6) is -0.950. The second-order valence-corrected chi connectivity index (χ2v) is 5.51. The molecule has 4 nitrogen and oxygen atoms in total. The fourth-order valence-electron chi connectivity index (χ4n) is 2.08. The zero-order valence-corrected chi connectivity index (χ0v) is 11.2. The van der Waals surface area contributed by atoms with Crippen LogP contribution in [0.3, 0.4) is 0 Å². The Morgan fingerprint density at radius 1 is 1.53 bits per heavy atom. The number of carbonyl (C=O) groups is 1. The van der Waals surface area contributed by atoms with Crippen molar-refractivity contribution in [1.29, 1.82) is 0 Å². The largest absolute Gasteiger partial charge is 0.476 e.